The molecule has 0 saturated carbocycles. The Morgan fingerprint density at radius 1 is 1.00 bits per heavy atom. The van der Waals surface area contributed by atoms with Crippen molar-refractivity contribution < 1.29 is 5.11 Å². The second-order valence-corrected chi connectivity index (χ2v) is 8.14. The maximum Gasteiger partial charge on any atom is 0.130 e. The van der Waals surface area contributed by atoms with Crippen molar-refractivity contribution in [2.24, 2.45) is 0 Å². The van der Waals surface area contributed by atoms with Gasteiger partial charge in [-0.3, -0.25) is 4.90 Å². The summed E-state index contributed by atoms with van der Waals surface area (Å²) in [5.74, 6) is 0.569. The Hall–Kier alpha value is -2.36. The van der Waals surface area contributed by atoms with Crippen molar-refractivity contribution in [2.75, 3.05) is 19.6 Å². The molecule has 3 aromatic rings. The average molecular weight is 434 g/mol. The summed E-state index contributed by atoms with van der Waals surface area (Å²) < 4.78 is 0.774. The number of hydrogen-bond acceptors (Lipinski definition) is 2. The molecule has 0 radical (unpaired) electrons. The van der Waals surface area contributed by atoms with Gasteiger partial charge in [0.15, 0.2) is 0 Å². The molecular weight excluding hydrogens is 410 g/mol. The molecule has 3 heteroatoms. The predicted octanol–water partition coefficient (Wildman–Crippen LogP) is 5.86. The Labute approximate surface area is 175 Å². The second-order valence-electron chi connectivity index (χ2n) is 7.29. The summed E-state index contributed by atoms with van der Waals surface area (Å²) in [6.07, 6.45) is 5.43. The summed E-state index contributed by atoms with van der Waals surface area (Å²) in [7, 11) is 0. The van der Waals surface area contributed by atoms with E-state index in [1.807, 2.05) is 12.1 Å². The monoisotopic (exact) mass is 433 g/mol. The molecule has 0 unspecified atom stereocenters. The fourth-order valence-corrected chi connectivity index (χ4v) is 4.32. The first kappa shape index (κ1) is 19.0. The van der Waals surface area contributed by atoms with Crippen molar-refractivity contribution >= 4 is 22.0 Å². The number of rotatable bonds is 4. The third kappa shape index (κ3) is 4.37. The Morgan fingerprint density at radius 3 is 2.46 bits per heavy atom. The molecule has 1 aliphatic heterocycles. The summed E-state index contributed by atoms with van der Waals surface area (Å²) in [6, 6.07) is 25.1. The van der Waals surface area contributed by atoms with Crippen molar-refractivity contribution in [3.05, 3.63) is 106 Å². The zero-order chi connectivity index (χ0) is 19.3. The highest BCUT2D eigenvalue weighted by Crippen LogP contribution is 2.37. The summed E-state index contributed by atoms with van der Waals surface area (Å²) in [6.45, 7) is 2.86. The lowest BCUT2D eigenvalue weighted by molar-refractivity contribution is 0.306. The van der Waals surface area contributed by atoms with E-state index >= 15 is 0 Å². The van der Waals surface area contributed by atoms with Crippen LogP contribution in [-0.4, -0.2) is 29.6 Å². The van der Waals surface area contributed by atoms with Crippen LogP contribution in [0.4, 0.5) is 0 Å². The molecule has 3 aromatic carbocycles. The number of benzene rings is 3. The van der Waals surface area contributed by atoms with Crippen molar-refractivity contribution in [1.29, 1.82) is 0 Å². The Morgan fingerprint density at radius 2 is 1.71 bits per heavy atom. The Balaban J connectivity index is 1.60. The topological polar surface area (TPSA) is 23.5 Å². The summed E-state index contributed by atoms with van der Waals surface area (Å²) in [5, 5.41) is 10.3. The van der Waals surface area contributed by atoms with E-state index in [2.05, 4.69) is 93.6 Å². The standard InChI is InChI=1S/C25H24BrNO/c26-24-16-21-13-15-27(14-7-10-19-8-3-1-4-9-19)18-23(22(21)17-25(24)28)20-11-5-2-6-12-20/h1-12,16-17,23,28H,13-15,18H2/b10-7+/t23-/m0/s1. The maximum atomic E-state index is 10.3. The van der Waals surface area contributed by atoms with E-state index in [1.54, 1.807) is 0 Å². The molecule has 1 N–H and O–H groups in total. The van der Waals surface area contributed by atoms with Gasteiger partial charge in [0.2, 0.25) is 0 Å². The van der Waals surface area contributed by atoms with Gasteiger partial charge >= 0.3 is 0 Å². The van der Waals surface area contributed by atoms with E-state index in [-0.39, 0.29) is 5.92 Å². The molecule has 1 atom stereocenters. The SMILES string of the molecule is Oc1cc2c(cc1Br)CCN(C/C=C/c1ccccc1)C[C@H]2c1ccccc1. The number of aromatic hydroxyl groups is 1. The lowest BCUT2D eigenvalue weighted by atomic mass is 9.88. The molecule has 0 saturated heterocycles. The molecule has 0 bridgehead atoms. The van der Waals surface area contributed by atoms with Crippen LogP contribution in [0.25, 0.3) is 6.08 Å². The molecule has 0 amide bonds. The van der Waals surface area contributed by atoms with E-state index in [9.17, 15) is 5.11 Å². The highest BCUT2D eigenvalue weighted by atomic mass is 79.9. The van der Waals surface area contributed by atoms with Crippen LogP contribution < -0.4 is 0 Å². The lowest BCUT2D eigenvalue weighted by Crippen LogP contribution is -2.29. The van der Waals surface area contributed by atoms with E-state index in [0.29, 0.717) is 5.75 Å². The number of phenols is 1. The number of halogens is 1. The molecule has 4 rings (SSSR count). The van der Waals surface area contributed by atoms with Gasteiger partial charge in [-0.1, -0.05) is 72.8 Å². The van der Waals surface area contributed by atoms with Crippen LogP contribution >= 0.6 is 15.9 Å². The average Bonchev–Trinajstić information content (AvgIpc) is 2.90. The van der Waals surface area contributed by atoms with E-state index in [1.165, 1.54) is 22.3 Å². The summed E-state index contributed by atoms with van der Waals surface area (Å²) in [5.41, 5.74) is 5.08. The van der Waals surface area contributed by atoms with Crippen LogP contribution in [-0.2, 0) is 6.42 Å². The quantitative estimate of drug-likeness (QED) is 0.556. The molecule has 1 heterocycles. The fraction of sp³-hybridized carbons (Fsp3) is 0.200. The minimum Gasteiger partial charge on any atom is -0.507 e. The minimum absolute atomic E-state index is 0.253. The van der Waals surface area contributed by atoms with Gasteiger partial charge < -0.3 is 5.11 Å². The smallest absolute Gasteiger partial charge is 0.130 e. The molecule has 0 aromatic heterocycles. The van der Waals surface area contributed by atoms with Crippen LogP contribution in [0.1, 0.15) is 28.2 Å². The minimum atomic E-state index is 0.253. The fourth-order valence-electron chi connectivity index (χ4n) is 3.92. The van der Waals surface area contributed by atoms with E-state index in [4.69, 9.17) is 0 Å². The summed E-state index contributed by atoms with van der Waals surface area (Å²) >= 11 is 3.48. The third-order valence-corrected chi connectivity index (χ3v) is 6.03. The lowest BCUT2D eigenvalue weighted by Gasteiger charge is -2.24. The molecule has 0 spiro atoms. The van der Waals surface area contributed by atoms with Crippen LogP contribution in [0.15, 0.2) is 83.3 Å². The molecule has 0 fully saturated rings. The molecule has 142 valence electrons. The Kier molecular flexibility index (Phi) is 5.94. The van der Waals surface area contributed by atoms with Crippen LogP contribution in [0.3, 0.4) is 0 Å². The first-order valence-corrected chi connectivity index (χ1v) is 10.5. The van der Waals surface area contributed by atoms with Gasteiger partial charge in [0.1, 0.15) is 5.75 Å². The number of nitrogens with zero attached hydrogens (tertiary/aromatic N) is 1. The van der Waals surface area contributed by atoms with Gasteiger partial charge in [0, 0.05) is 25.6 Å². The molecule has 1 aliphatic rings. The van der Waals surface area contributed by atoms with Crippen molar-refractivity contribution in [3.8, 4) is 5.75 Å². The predicted molar refractivity (Wildman–Crippen MR) is 120 cm³/mol. The molecule has 2 nitrogen and oxygen atoms in total. The molecule has 0 aliphatic carbocycles. The normalized spacial score (nSPS) is 17.4. The van der Waals surface area contributed by atoms with Gasteiger partial charge in [-0.25, -0.2) is 0 Å². The van der Waals surface area contributed by atoms with Crippen LogP contribution in [0, 0.1) is 0 Å². The highest BCUT2D eigenvalue weighted by Gasteiger charge is 2.25. The van der Waals surface area contributed by atoms with Crippen molar-refractivity contribution in [3.63, 3.8) is 0 Å². The molecule has 28 heavy (non-hydrogen) atoms. The first-order chi connectivity index (χ1) is 13.7. The zero-order valence-corrected chi connectivity index (χ0v) is 17.3. The van der Waals surface area contributed by atoms with Crippen LogP contribution in [0.2, 0.25) is 0 Å². The largest absolute Gasteiger partial charge is 0.507 e. The van der Waals surface area contributed by atoms with Gasteiger partial charge in [0.25, 0.3) is 0 Å². The number of fused-ring (bicyclic) bond motifs is 1. The van der Waals surface area contributed by atoms with Gasteiger partial charge in [-0.15, -0.1) is 0 Å². The van der Waals surface area contributed by atoms with Gasteiger partial charge in [-0.2, -0.15) is 0 Å². The summed E-state index contributed by atoms with van der Waals surface area (Å²) in [4.78, 5) is 2.50. The highest BCUT2D eigenvalue weighted by molar-refractivity contribution is 9.10. The van der Waals surface area contributed by atoms with E-state index in [0.717, 1.165) is 30.5 Å². The Bertz CT molecular complexity index is 953. The second kappa shape index (κ2) is 8.76. The van der Waals surface area contributed by atoms with Gasteiger partial charge in [-0.05, 0) is 56.7 Å². The van der Waals surface area contributed by atoms with Crippen molar-refractivity contribution in [1.82, 2.24) is 4.90 Å². The van der Waals surface area contributed by atoms with Crippen molar-refractivity contribution in [2.45, 2.75) is 12.3 Å². The van der Waals surface area contributed by atoms with E-state index < -0.39 is 0 Å². The van der Waals surface area contributed by atoms with Gasteiger partial charge in [0.05, 0.1) is 4.47 Å². The number of hydrogen-bond donors (Lipinski definition) is 1. The number of phenolic OH excluding ortho intramolecular Hbond substituents is 1. The first-order valence-electron chi connectivity index (χ1n) is 9.71. The third-order valence-electron chi connectivity index (χ3n) is 5.40. The molecular formula is C25H24BrNO. The zero-order valence-electron chi connectivity index (χ0n) is 15.8. The van der Waals surface area contributed by atoms with Crippen LogP contribution in [0.5, 0.6) is 5.75 Å². The maximum absolute atomic E-state index is 10.3.